The van der Waals surface area contributed by atoms with Crippen molar-refractivity contribution in [1.29, 1.82) is 0 Å². The van der Waals surface area contributed by atoms with Crippen LogP contribution in [-0.4, -0.2) is 52.3 Å². The van der Waals surface area contributed by atoms with Crippen molar-refractivity contribution in [3.63, 3.8) is 0 Å². The Balaban J connectivity index is 1.30. The summed E-state index contributed by atoms with van der Waals surface area (Å²) in [5.74, 6) is 0.459. The SMILES string of the molecule is COc1ccc(NC(=O)N(Cc2cccc3ccccc23)CC2(O)CCC3c4ccc(cc4C(=O)c4ccccc4)CC(O)CCC(C)=CCCC32C)cc1. The van der Waals surface area contributed by atoms with Crippen LogP contribution in [0.5, 0.6) is 5.75 Å². The maximum absolute atomic E-state index is 14.4. The van der Waals surface area contributed by atoms with Crippen LogP contribution in [0, 0.1) is 5.41 Å². The van der Waals surface area contributed by atoms with Crippen molar-refractivity contribution in [1.82, 2.24) is 4.90 Å². The van der Waals surface area contributed by atoms with E-state index in [1.165, 1.54) is 5.57 Å². The van der Waals surface area contributed by atoms with Gasteiger partial charge in [-0.25, -0.2) is 4.79 Å². The van der Waals surface area contributed by atoms with Crippen LogP contribution >= 0.6 is 0 Å². The Morgan fingerprint density at radius 1 is 0.891 bits per heavy atom. The fourth-order valence-corrected chi connectivity index (χ4v) is 8.97. The van der Waals surface area contributed by atoms with Crippen LogP contribution in [-0.2, 0) is 13.0 Å². The molecule has 3 aliphatic rings. The Morgan fingerprint density at radius 3 is 2.42 bits per heavy atom. The topological polar surface area (TPSA) is 99.1 Å². The van der Waals surface area contributed by atoms with E-state index in [9.17, 15) is 19.8 Å². The number of carbonyl (C=O) groups excluding carboxylic acids is 2. The van der Waals surface area contributed by atoms with Gasteiger partial charge in [0.2, 0.25) is 0 Å². The number of hydrogen-bond donors (Lipinski definition) is 3. The van der Waals surface area contributed by atoms with Gasteiger partial charge in [-0.05, 0) is 116 Å². The Hall–Kier alpha value is -5.24. The van der Waals surface area contributed by atoms with E-state index in [0.717, 1.165) is 40.3 Å². The molecule has 8 rings (SSSR count). The molecule has 1 fully saturated rings. The maximum Gasteiger partial charge on any atom is 0.322 e. The molecule has 0 aliphatic heterocycles. The maximum atomic E-state index is 14.4. The van der Waals surface area contributed by atoms with Crippen molar-refractivity contribution in [2.24, 2.45) is 5.41 Å². The van der Waals surface area contributed by atoms with Gasteiger partial charge in [0.25, 0.3) is 0 Å². The lowest BCUT2D eigenvalue weighted by atomic mass is 9.64. The minimum atomic E-state index is -1.29. The van der Waals surface area contributed by atoms with E-state index >= 15 is 0 Å². The normalized spacial score (nSPS) is 22.7. The lowest BCUT2D eigenvalue weighted by molar-refractivity contribution is -0.0773. The van der Waals surface area contributed by atoms with Crippen molar-refractivity contribution < 1.29 is 24.5 Å². The van der Waals surface area contributed by atoms with Gasteiger partial charge >= 0.3 is 6.03 Å². The molecule has 4 atom stereocenters. The fraction of sp³-hybridized carbons (Fsp3) is 0.333. The zero-order chi connectivity index (χ0) is 38.6. The molecule has 2 bridgehead atoms. The first kappa shape index (κ1) is 38.1. The Morgan fingerprint density at radius 2 is 1.64 bits per heavy atom. The second-order valence-corrected chi connectivity index (χ2v) is 15.8. The van der Waals surface area contributed by atoms with E-state index in [1.807, 2.05) is 91.0 Å². The van der Waals surface area contributed by atoms with Crippen LogP contribution < -0.4 is 10.1 Å². The molecule has 7 nitrogen and oxygen atoms in total. The van der Waals surface area contributed by atoms with Crippen LogP contribution in [0.25, 0.3) is 10.8 Å². The number of benzene rings is 5. The van der Waals surface area contributed by atoms with Gasteiger partial charge < -0.3 is 25.2 Å². The third-order valence-corrected chi connectivity index (χ3v) is 12.3. The average Bonchev–Trinajstić information content (AvgIpc) is 3.45. The second-order valence-electron chi connectivity index (χ2n) is 15.8. The van der Waals surface area contributed by atoms with Crippen LogP contribution in [0.3, 0.4) is 0 Å². The van der Waals surface area contributed by atoms with E-state index < -0.39 is 17.1 Å². The van der Waals surface area contributed by atoms with Gasteiger partial charge in [-0.15, -0.1) is 0 Å². The first-order chi connectivity index (χ1) is 26.6. The molecule has 0 heterocycles. The summed E-state index contributed by atoms with van der Waals surface area (Å²) in [6.07, 6.45) is 6.05. The van der Waals surface area contributed by atoms with Crippen LogP contribution in [0.15, 0.2) is 127 Å². The van der Waals surface area contributed by atoms with Gasteiger partial charge in [-0.3, -0.25) is 4.79 Å². The fourth-order valence-electron chi connectivity index (χ4n) is 8.97. The van der Waals surface area contributed by atoms with E-state index in [4.69, 9.17) is 4.74 Å². The van der Waals surface area contributed by atoms with Crippen molar-refractivity contribution in [3.05, 3.63) is 155 Å². The number of carbonyl (C=O) groups is 2. The second kappa shape index (κ2) is 16.2. The number of aliphatic hydroxyl groups is 2. The number of anilines is 1. The minimum absolute atomic E-state index is 0.0657. The highest BCUT2D eigenvalue weighted by molar-refractivity contribution is 6.10. The first-order valence-electron chi connectivity index (χ1n) is 19.5. The molecule has 0 saturated heterocycles. The smallest absolute Gasteiger partial charge is 0.322 e. The molecule has 7 heteroatoms. The molecule has 1 saturated carbocycles. The molecule has 0 aromatic heterocycles. The number of fused-ring (bicyclic) bond motifs is 9. The zero-order valence-corrected chi connectivity index (χ0v) is 32.1. The predicted molar refractivity (Wildman–Crippen MR) is 220 cm³/mol. The lowest BCUT2D eigenvalue weighted by Crippen LogP contribution is -2.54. The van der Waals surface area contributed by atoms with E-state index in [1.54, 1.807) is 12.0 Å². The molecule has 0 radical (unpaired) electrons. The highest BCUT2D eigenvalue weighted by Gasteiger charge is 2.57. The summed E-state index contributed by atoms with van der Waals surface area (Å²) in [5.41, 5.74) is 3.87. The van der Waals surface area contributed by atoms with Crippen LogP contribution in [0.1, 0.15) is 90.9 Å². The van der Waals surface area contributed by atoms with Gasteiger partial charge in [0, 0.05) is 28.8 Å². The number of aliphatic hydroxyl groups excluding tert-OH is 1. The first-order valence-corrected chi connectivity index (χ1v) is 19.5. The van der Waals surface area contributed by atoms with Crippen molar-refractivity contribution >= 4 is 28.3 Å². The Labute approximate surface area is 324 Å². The number of amides is 2. The number of allylic oxidation sites excluding steroid dienone is 2. The minimum Gasteiger partial charge on any atom is -0.497 e. The largest absolute Gasteiger partial charge is 0.497 e. The third-order valence-electron chi connectivity index (χ3n) is 12.3. The number of hydrogen-bond acceptors (Lipinski definition) is 5. The van der Waals surface area contributed by atoms with E-state index in [-0.39, 0.29) is 24.3 Å². The van der Waals surface area contributed by atoms with Crippen LogP contribution in [0.2, 0.25) is 0 Å². The molecular weight excluding hydrogens is 685 g/mol. The summed E-state index contributed by atoms with van der Waals surface area (Å²) in [7, 11) is 1.61. The summed E-state index contributed by atoms with van der Waals surface area (Å²) in [6.45, 7) is 4.66. The zero-order valence-electron chi connectivity index (χ0n) is 32.1. The molecule has 3 N–H and O–H groups in total. The predicted octanol–water partition coefficient (Wildman–Crippen LogP) is 9.85. The van der Waals surface area contributed by atoms with Gasteiger partial charge in [0.1, 0.15) is 5.75 Å². The number of rotatable bonds is 8. The summed E-state index contributed by atoms with van der Waals surface area (Å²) in [6, 6.07) is 36.7. The van der Waals surface area contributed by atoms with Gasteiger partial charge in [0.05, 0.1) is 25.4 Å². The van der Waals surface area contributed by atoms with Crippen molar-refractivity contribution in [2.45, 2.75) is 83.0 Å². The third kappa shape index (κ3) is 8.10. The van der Waals surface area contributed by atoms with Gasteiger partial charge in [0.15, 0.2) is 5.78 Å². The average molecular weight is 737 g/mol. The molecule has 3 aliphatic carbocycles. The van der Waals surface area contributed by atoms with Gasteiger partial charge in [-0.1, -0.05) is 104 Å². The highest BCUT2D eigenvalue weighted by Crippen LogP contribution is 2.59. The summed E-state index contributed by atoms with van der Waals surface area (Å²) >= 11 is 0. The number of methoxy groups -OCH3 is 1. The molecule has 2 amide bonds. The molecular formula is C48H52N2O5. The standard InChI is InChI=1S/C48H52N2O5/c1-33-11-10-27-47(2)44(42-25-19-34(29-39(51)22-18-33)30-43(42)45(52)36-13-5-4-6-14-36)26-28-48(47,54)32-50(46(53)49-38-20-23-40(55-3)24-21-38)31-37-16-9-15-35-12-7-8-17-41(35)37/h4-9,11-17,19-21,23-25,30,39,44,51,54H,10,18,22,26-29,31-32H2,1-3H3,(H,49,53). The quantitative estimate of drug-likeness (QED) is 0.109. The number of urea groups is 1. The lowest BCUT2D eigenvalue weighted by Gasteiger charge is -2.46. The Bertz CT molecular complexity index is 2180. The van der Waals surface area contributed by atoms with Gasteiger partial charge in [-0.2, -0.15) is 0 Å². The molecule has 55 heavy (non-hydrogen) atoms. The summed E-state index contributed by atoms with van der Waals surface area (Å²) in [4.78, 5) is 30.6. The number of nitrogens with one attached hydrogen (secondary N) is 1. The van der Waals surface area contributed by atoms with Crippen molar-refractivity contribution in [3.8, 4) is 5.75 Å². The molecule has 5 aromatic carbocycles. The van der Waals surface area contributed by atoms with Crippen molar-refractivity contribution in [2.75, 3.05) is 19.0 Å². The molecule has 5 aromatic rings. The summed E-state index contributed by atoms with van der Waals surface area (Å²) in [5, 5.41) is 29.5. The molecule has 4 unspecified atom stereocenters. The highest BCUT2D eigenvalue weighted by atomic mass is 16.5. The summed E-state index contributed by atoms with van der Waals surface area (Å²) < 4.78 is 5.34. The van der Waals surface area contributed by atoms with E-state index in [2.05, 4.69) is 49.5 Å². The van der Waals surface area contributed by atoms with Crippen LogP contribution in [0.4, 0.5) is 10.5 Å². The van der Waals surface area contributed by atoms with E-state index in [0.29, 0.717) is 61.2 Å². The number of ketones is 1. The molecule has 284 valence electrons. The number of nitrogens with zero attached hydrogens (tertiary/aromatic N) is 1. The Kier molecular flexibility index (Phi) is 11.2. The molecule has 0 spiro atoms. The number of ether oxygens (including phenoxy) is 1. The monoisotopic (exact) mass is 736 g/mol.